The molecule has 24 heavy (non-hydrogen) atoms. The normalized spacial score (nSPS) is 15.0. The van der Waals surface area contributed by atoms with Crippen molar-refractivity contribution in [1.29, 1.82) is 0 Å². The molecule has 0 amide bonds. The molecule has 0 atom stereocenters. The number of guanidine groups is 1. The number of halogens is 1. The minimum Gasteiger partial charge on any atom is -0.343 e. The molecule has 0 radical (unpaired) electrons. The Morgan fingerprint density at radius 3 is 2.50 bits per heavy atom. The van der Waals surface area contributed by atoms with Crippen LogP contribution in [0.15, 0.2) is 35.3 Å². The van der Waals surface area contributed by atoms with E-state index in [4.69, 9.17) is 4.99 Å². The molecule has 0 aliphatic carbocycles. The lowest BCUT2D eigenvalue weighted by Gasteiger charge is -2.30. The first kappa shape index (κ1) is 19.1. The summed E-state index contributed by atoms with van der Waals surface area (Å²) >= 11 is 1.65. The lowest BCUT2D eigenvalue weighted by molar-refractivity contribution is 0.340. The maximum absolute atomic E-state index is 4.80. The fourth-order valence-electron chi connectivity index (χ4n) is 2.61. The van der Waals surface area contributed by atoms with E-state index in [1.807, 2.05) is 18.2 Å². The van der Waals surface area contributed by atoms with Crippen LogP contribution in [0.2, 0.25) is 0 Å². The van der Waals surface area contributed by atoms with Gasteiger partial charge in [0.05, 0.1) is 6.54 Å². The maximum Gasteiger partial charge on any atom is 0.198 e. The van der Waals surface area contributed by atoms with Crippen LogP contribution in [0.1, 0.15) is 36.2 Å². The second-order valence-corrected chi connectivity index (χ2v) is 6.77. The summed E-state index contributed by atoms with van der Waals surface area (Å²) in [6.07, 6.45) is 4.70. The van der Waals surface area contributed by atoms with Crippen LogP contribution in [-0.4, -0.2) is 34.1 Å². The van der Waals surface area contributed by atoms with Gasteiger partial charge in [-0.15, -0.1) is 34.2 Å². The Labute approximate surface area is 164 Å². The first-order chi connectivity index (χ1) is 11.3. The minimum absolute atomic E-state index is 0. The van der Waals surface area contributed by atoms with Gasteiger partial charge in [-0.25, -0.2) is 4.99 Å². The molecular weight excluding hydrogens is 433 g/mol. The lowest BCUT2D eigenvalue weighted by Crippen LogP contribution is -2.40. The van der Waals surface area contributed by atoms with Crippen molar-refractivity contribution in [1.82, 2.24) is 15.1 Å². The van der Waals surface area contributed by atoms with Crippen LogP contribution in [0, 0.1) is 0 Å². The number of hydrogen-bond donors (Lipinski definition) is 1. The van der Waals surface area contributed by atoms with Gasteiger partial charge in [0.25, 0.3) is 0 Å². The average molecular weight is 457 g/mol. The van der Waals surface area contributed by atoms with Gasteiger partial charge < -0.3 is 10.2 Å². The van der Waals surface area contributed by atoms with Gasteiger partial charge in [-0.1, -0.05) is 36.5 Å². The van der Waals surface area contributed by atoms with Crippen molar-refractivity contribution in [2.24, 2.45) is 4.99 Å². The van der Waals surface area contributed by atoms with Gasteiger partial charge in [-0.2, -0.15) is 0 Å². The molecule has 7 heteroatoms. The van der Waals surface area contributed by atoms with E-state index in [0.717, 1.165) is 41.2 Å². The molecule has 1 aliphatic rings. The molecule has 1 N–H and O–H groups in total. The van der Waals surface area contributed by atoms with E-state index in [0.29, 0.717) is 6.54 Å². The number of anilines is 1. The summed E-state index contributed by atoms with van der Waals surface area (Å²) in [5.41, 5.74) is 1.07. The smallest absolute Gasteiger partial charge is 0.198 e. The molecule has 1 fully saturated rings. The van der Waals surface area contributed by atoms with Crippen molar-refractivity contribution < 1.29 is 0 Å². The Balaban J connectivity index is 0.00000208. The Morgan fingerprint density at radius 1 is 1.12 bits per heavy atom. The number of aryl methyl sites for hydroxylation is 1. The van der Waals surface area contributed by atoms with Crippen molar-refractivity contribution in [3.63, 3.8) is 0 Å². The number of rotatable bonds is 4. The molecule has 1 saturated heterocycles. The largest absolute Gasteiger partial charge is 0.343 e. The van der Waals surface area contributed by atoms with Gasteiger partial charge in [0, 0.05) is 18.8 Å². The lowest BCUT2D eigenvalue weighted by atomic mass is 10.1. The van der Waals surface area contributed by atoms with Crippen LogP contribution in [0.25, 0.3) is 0 Å². The predicted octanol–water partition coefficient (Wildman–Crippen LogP) is 4.17. The van der Waals surface area contributed by atoms with Gasteiger partial charge >= 0.3 is 0 Å². The first-order valence-corrected chi connectivity index (χ1v) is 9.09. The van der Waals surface area contributed by atoms with E-state index in [-0.39, 0.29) is 24.0 Å². The standard InChI is InChI=1S/C17H23N5S.HI/c1-2-15-20-21-16(23-15)13-18-17(22-11-7-4-8-12-22)19-14-9-5-3-6-10-14;/h3,5-6,9-10H,2,4,7-8,11-13H2,1H3,(H,18,19);1H. The number of aliphatic imine (C=N–C) groups is 1. The molecule has 3 rings (SSSR count). The highest BCUT2D eigenvalue weighted by atomic mass is 127. The molecule has 0 unspecified atom stereocenters. The fraction of sp³-hybridized carbons (Fsp3) is 0.471. The van der Waals surface area contributed by atoms with Crippen molar-refractivity contribution in [2.75, 3.05) is 18.4 Å². The molecule has 2 aromatic rings. The molecule has 1 aromatic heterocycles. The third kappa shape index (κ3) is 5.41. The molecular formula is C17H24IN5S. The average Bonchev–Trinajstić information content (AvgIpc) is 3.08. The Morgan fingerprint density at radius 2 is 1.83 bits per heavy atom. The van der Waals surface area contributed by atoms with Crippen LogP contribution in [-0.2, 0) is 13.0 Å². The number of nitrogens with zero attached hydrogens (tertiary/aromatic N) is 4. The zero-order valence-corrected chi connectivity index (χ0v) is 17.1. The third-order valence-corrected chi connectivity index (χ3v) is 4.91. The highest BCUT2D eigenvalue weighted by Gasteiger charge is 2.15. The Kier molecular flexibility index (Phi) is 7.90. The maximum atomic E-state index is 4.80. The van der Waals surface area contributed by atoms with E-state index in [1.165, 1.54) is 19.3 Å². The summed E-state index contributed by atoms with van der Waals surface area (Å²) in [7, 11) is 0. The summed E-state index contributed by atoms with van der Waals surface area (Å²) in [6.45, 7) is 4.82. The second-order valence-electron chi connectivity index (χ2n) is 5.62. The summed E-state index contributed by atoms with van der Waals surface area (Å²) < 4.78 is 0. The number of nitrogens with one attached hydrogen (secondary N) is 1. The quantitative estimate of drug-likeness (QED) is 0.426. The van der Waals surface area contributed by atoms with Gasteiger partial charge in [0.15, 0.2) is 5.96 Å². The fourth-order valence-corrected chi connectivity index (χ4v) is 3.32. The van der Waals surface area contributed by atoms with Crippen LogP contribution >= 0.6 is 35.3 Å². The van der Waals surface area contributed by atoms with Gasteiger partial charge in [0.2, 0.25) is 0 Å². The Bertz CT molecular complexity index is 637. The monoisotopic (exact) mass is 457 g/mol. The van der Waals surface area contributed by atoms with Crippen LogP contribution in [0.3, 0.4) is 0 Å². The summed E-state index contributed by atoms with van der Waals surface area (Å²) in [5.74, 6) is 0.948. The molecule has 1 aliphatic heterocycles. The minimum atomic E-state index is 0. The summed E-state index contributed by atoms with van der Waals surface area (Å²) in [5, 5.41) is 13.9. The number of likely N-dealkylation sites (tertiary alicyclic amines) is 1. The van der Waals surface area contributed by atoms with E-state index in [2.05, 4.69) is 39.5 Å². The van der Waals surface area contributed by atoms with E-state index < -0.39 is 0 Å². The van der Waals surface area contributed by atoms with Gasteiger partial charge in [-0.3, -0.25) is 0 Å². The topological polar surface area (TPSA) is 53.4 Å². The highest BCUT2D eigenvalue weighted by Crippen LogP contribution is 2.15. The molecule has 130 valence electrons. The van der Waals surface area contributed by atoms with Crippen molar-refractivity contribution in [3.05, 3.63) is 40.3 Å². The van der Waals surface area contributed by atoms with Crippen molar-refractivity contribution >= 4 is 47.0 Å². The number of benzene rings is 1. The SMILES string of the molecule is CCc1nnc(CN=C(Nc2ccccc2)N2CCCCC2)s1.I. The Hall–Kier alpha value is -1.22. The molecule has 5 nitrogen and oxygen atoms in total. The van der Waals surface area contributed by atoms with Crippen molar-refractivity contribution in [3.8, 4) is 0 Å². The zero-order chi connectivity index (χ0) is 15.9. The van der Waals surface area contributed by atoms with Crippen LogP contribution < -0.4 is 5.32 Å². The van der Waals surface area contributed by atoms with Crippen LogP contribution in [0.5, 0.6) is 0 Å². The van der Waals surface area contributed by atoms with Gasteiger partial charge in [-0.05, 0) is 37.8 Å². The number of piperidine rings is 1. The molecule has 0 saturated carbocycles. The number of hydrogen-bond acceptors (Lipinski definition) is 4. The summed E-state index contributed by atoms with van der Waals surface area (Å²) in [6, 6.07) is 10.2. The van der Waals surface area contributed by atoms with E-state index in [9.17, 15) is 0 Å². The van der Waals surface area contributed by atoms with E-state index >= 15 is 0 Å². The zero-order valence-electron chi connectivity index (χ0n) is 13.9. The third-order valence-electron chi connectivity index (χ3n) is 3.86. The summed E-state index contributed by atoms with van der Waals surface area (Å²) in [4.78, 5) is 7.15. The second kappa shape index (κ2) is 9.93. The number of para-hydroxylation sites is 1. The highest BCUT2D eigenvalue weighted by molar-refractivity contribution is 14.0. The first-order valence-electron chi connectivity index (χ1n) is 8.28. The molecule has 0 bridgehead atoms. The van der Waals surface area contributed by atoms with E-state index in [1.54, 1.807) is 11.3 Å². The molecule has 1 aromatic carbocycles. The molecule has 2 heterocycles. The van der Waals surface area contributed by atoms with Gasteiger partial charge in [0.1, 0.15) is 10.0 Å². The molecule has 0 spiro atoms. The number of aromatic nitrogens is 2. The van der Waals surface area contributed by atoms with Crippen molar-refractivity contribution in [2.45, 2.75) is 39.2 Å². The predicted molar refractivity (Wildman–Crippen MR) is 111 cm³/mol. The van der Waals surface area contributed by atoms with Crippen LogP contribution in [0.4, 0.5) is 5.69 Å².